The van der Waals surface area contributed by atoms with Crippen molar-refractivity contribution in [1.82, 2.24) is 9.91 Å². The van der Waals surface area contributed by atoms with Gasteiger partial charge in [0.05, 0.1) is 0 Å². The first-order chi connectivity index (χ1) is 5.29. The van der Waals surface area contributed by atoms with Gasteiger partial charge in [-0.05, 0) is 6.42 Å². The minimum Gasteiger partial charge on any atom is -0.328 e. The van der Waals surface area contributed by atoms with Crippen molar-refractivity contribution >= 4 is 6.34 Å². The molecular formula is C7H12N4. The zero-order valence-electron chi connectivity index (χ0n) is 6.86. The summed E-state index contributed by atoms with van der Waals surface area (Å²) < 4.78 is 0. The van der Waals surface area contributed by atoms with Gasteiger partial charge in [0.2, 0.25) is 6.17 Å². The smallest absolute Gasteiger partial charge is 0.207 e. The van der Waals surface area contributed by atoms with Crippen LogP contribution in [0.3, 0.4) is 0 Å². The third-order valence-electron chi connectivity index (χ3n) is 1.65. The molecule has 4 nitrogen and oxygen atoms in total. The molecule has 1 aliphatic heterocycles. The summed E-state index contributed by atoms with van der Waals surface area (Å²) >= 11 is 0. The fraction of sp³-hybridized carbons (Fsp3) is 0.714. The molecule has 0 bridgehead atoms. The minimum absolute atomic E-state index is 0.199. The number of rotatable bonds is 2. The van der Waals surface area contributed by atoms with E-state index in [2.05, 4.69) is 18.1 Å². The second kappa shape index (κ2) is 3.24. The Balaban J connectivity index is 2.55. The third-order valence-corrected chi connectivity index (χ3v) is 1.65. The number of hydrazone groups is 1. The quantitative estimate of drug-likeness (QED) is 0.576. The van der Waals surface area contributed by atoms with Crippen LogP contribution in [-0.4, -0.2) is 36.0 Å². The Kier molecular flexibility index (Phi) is 2.32. The van der Waals surface area contributed by atoms with Crippen molar-refractivity contribution < 1.29 is 0 Å². The van der Waals surface area contributed by atoms with Crippen LogP contribution in [0.2, 0.25) is 0 Å². The lowest BCUT2D eigenvalue weighted by atomic mass is 10.4. The predicted octanol–water partition coefficient (Wildman–Crippen LogP) is 0.437. The summed E-state index contributed by atoms with van der Waals surface area (Å²) in [6.45, 7) is 2.98. The van der Waals surface area contributed by atoms with Crippen molar-refractivity contribution in [3.05, 3.63) is 0 Å². The van der Waals surface area contributed by atoms with Crippen LogP contribution in [0.4, 0.5) is 0 Å². The summed E-state index contributed by atoms with van der Waals surface area (Å²) in [5.41, 5.74) is 0. The number of hydrogen-bond acceptors (Lipinski definition) is 4. The molecule has 0 saturated carbocycles. The molecule has 0 aromatic heterocycles. The van der Waals surface area contributed by atoms with E-state index >= 15 is 0 Å². The largest absolute Gasteiger partial charge is 0.328 e. The number of hydrogen-bond donors (Lipinski definition) is 0. The second-order valence-corrected chi connectivity index (χ2v) is 2.55. The first kappa shape index (κ1) is 7.86. The van der Waals surface area contributed by atoms with Crippen LogP contribution < -0.4 is 0 Å². The molecular weight excluding hydrogens is 140 g/mol. The van der Waals surface area contributed by atoms with Crippen molar-refractivity contribution in [2.24, 2.45) is 5.10 Å². The zero-order valence-corrected chi connectivity index (χ0v) is 6.86. The Hall–Kier alpha value is -1.24. The first-order valence-electron chi connectivity index (χ1n) is 3.72. The fourth-order valence-corrected chi connectivity index (χ4v) is 1.08. The molecule has 4 heteroatoms. The van der Waals surface area contributed by atoms with Gasteiger partial charge >= 0.3 is 0 Å². The van der Waals surface area contributed by atoms with E-state index in [1.807, 2.05) is 4.90 Å². The number of nitrogens with zero attached hydrogens (tertiary/aromatic N) is 4. The Morgan fingerprint density at radius 3 is 3.00 bits per heavy atom. The van der Waals surface area contributed by atoms with Crippen molar-refractivity contribution in [3.8, 4) is 6.07 Å². The highest BCUT2D eigenvalue weighted by Crippen LogP contribution is 2.08. The van der Waals surface area contributed by atoms with Gasteiger partial charge in [0, 0.05) is 13.6 Å². The molecule has 1 unspecified atom stereocenters. The van der Waals surface area contributed by atoms with Gasteiger partial charge in [-0.15, -0.1) is 0 Å². The average molecular weight is 152 g/mol. The zero-order chi connectivity index (χ0) is 8.27. The molecule has 0 fully saturated rings. The molecule has 0 aromatic rings. The molecule has 0 saturated heterocycles. The SMILES string of the molecule is CCCN1C=NN(C)C1C#N. The van der Waals surface area contributed by atoms with Crippen LogP contribution in [0.1, 0.15) is 13.3 Å². The summed E-state index contributed by atoms with van der Waals surface area (Å²) in [6, 6.07) is 2.18. The standard InChI is InChI=1S/C7H12N4/c1-3-4-11-6-9-10(2)7(11)5-8/h6-7H,3-4H2,1-2H3. The van der Waals surface area contributed by atoms with E-state index in [1.165, 1.54) is 0 Å². The van der Waals surface area contributed by atoms with Crippen LogP contribution in [0.25, 0.3) is 0 Å². The molecule has 0 spiro atoms. The lowest BCUT2D eigenvalue weighted by Gasteiger charge is -2.21. The van der Waals surface area contributed by atoms with Gasteiger partial charge in [0.1, 0.15) is 12.4 Å². The third kappa shape index (κ3) is 1.43. The van der Waals surface area contributed by atoms with Crippen LogP contribution in [-0.2, 0) is 0 Å². The molecule has 60 valence electrons. The van der Waals surface area contributed by atoms with Crippen molar-refractivity contribution in [1.29, 1.82) is 5.26 Å². The van der Waals surface area contributed by atoms with Crippen molar-refractivity contribution in [3.63, 3.8) is 0 Å². The average Bonchev–Trinajstić information content (AvgIpc) is 2.33. The molecule has 1 heterocycles. The molecule has 0 radical (unpaired) electrons. The molecule has 0 aliphatic carbocycles. The predicted molar refractivity (Wildman–Crippen MR) is 42.7 cm³/mol. The Morgan fingerprint density at radius 2 is 2.45 bits per heavy atom. The molecule has 1 rings (SSSR count). The summed E-state index contributed by atoms with van der Waals surface area (Å²) in [5, 5.41) is 14.4. The topological polar surface area (TPSA) is 42.6 Å². The van der Waals surface area contributed by atoms with Gasteiger partial charge in [-0.1, -0.05) is 6.92 Å². The summed E-state index contributed by atoms with van der Waals surface area (Å²) in [7, 11) is 1.81. The Morgan fingerprint density at radius 1 is 1.73 bits per heavy atom. The molecule has 0 aromatic carbocycles. The van der Waals surface area contributed by atoms with Gasteiger partial charge in [0.15, 0.2) is 0 Å². The monoisotopic (exact) mass is 152 g/mol. The lowest BCUT2D eigenvalue weighted by Crippen LogP contribution is -2.36. The van der Waals surface area contributed by atoms with E-state index in [9.17, 15) is 0 Å². The van der Waals surface area contributed by atoms with Crippen LogP contribution >= 0.6 is 0 Å². The molecule has 1 aliphatic rings. The minimum atomic E-state index is -0.199. The second-order valence-electron chi connectivity index (χ2n) is 2.55. The van der Waals surface area contributed by atoms with Crippen LogP contribution in [0, 0.1) is 11.3 Å². The lowest BCUT2D eigenvalue weighted by molar-refractivity contribution is 0.213. The summed E-state index contributed by atoms with van der Waals surface area (Å²) in [6.07, 6.45) is 2.56. The molecule has 0 amide bonds. The highest BCUT2D eigenvalue weighted by atomic mass is 15.6. The summed E-state index contributed by atoms with van der Waals surface area (Å²) in [4.78, 5) is 1.93. The summed E-state index contributed by atoms with van der Waals surface area (Å²) in [5.74, 6) is 0. The number of nitriles is 1. The first-order valence-corrected chi connectivity index (χ1v) is 3.72. The maximum atomic E-state index is 8.72. The normalized spacial score (nSPS) is 22.5. The van der Waals surface area contributed by atoms with Crippen molar-refractivity contribution in [2.45, 2.75) is 19.5 Å². The van der Waals surface area contributed by atoms with E-state index in [4.69, 9.17) is 5.26 Å². The van der Waals surface area contributed by atoms with Gasteiger partial charge < -0.3 is 4.90 Å². The molecule has 1 atom stereocenters. The van der Waals surface area contributed by atoms with Gasteiger partial charge in [0.25, 0.3) is 0 Å². The molecule has 11 heavy (non-hydrogen) atoms. The highest BCUT2D eigenvalue weighted by molar-refractivity contribution is 5.57. The van der Waals surface area contributed by atoms with E-state index in [0.717, 1.165) is 13.0 Å². The van der Waals surface area contributed by atoms with Crippen molar-refractivity contribution in [2.75, 3.05) is 13.6 Å². The van der Waals surface area contributed by atoms with Gasteiger partial charge in [-0.2, -0.15) is 10.4 Å². The Labute approximate surface area is 66.7 Å². The van der Waals surface area contributed by atoms with Crippen LogP contribution in [0.15, 0.2) is 5.10 Å². The van der Waals surface area contributed by atoms with E-state index in [0.29, 0.717) is 0 Å². The van der Waals surface area contributed by atoms with E-state index < -0.39 is 0 Å². The van der Waals surface area contributed by atoms with Gasteiger partial charge in [-0.25, -0.2) is 0 Å². The van der Waals surface area contributed by atoms with Crippen LogP contribution in [0.5, 0.6) is 0 Å². The van der Waals surface area contributed by atoms with Gasteiger partial charge in [-0.3, -0.25) is 5.01 Å². The molecule has 0 N–H and O–H groups in total. The highest BCUT2D eigenvalue weighted by Gasteiger charge is 2.23. The fourth-order valence-electron chi connectivity index (χ4n) is 1.08. The maximum absolute atomic E-state index is 8.72. The Bertz CT molecular complexity index is 193. The van der Waals surface area contributed by atoms with E-state index in [-0.39, 0.29) is 6.17 Å². The maximum Gasteiger partial charge on any atom is 0.207 e. The van der Waals surface area contributed by atoms with E-state index in [1.54, 1.807) is 18.4 Å².